The van der Waals surface area contributed by atoms with E-state index in [0.717, 1.165) is 16.5 Å². The average Bonchev–Trinajstić information content (AvgIpc) is 2.83. The van der Waals surface area contributed by atoms with Gasteiger partial charge in [0.15, 0.2) is 0 Å². The first-order chi connectivity index (χ1) is 9.22. The number of nitrogens with one attached hydrogen (secondary N) is 1. The zero-order valence-corrected chi connectivity index (χ0v) is 13.0. The van der Waals surface area contributed by atoms with Gasteiger partial charge >= 0.3 is 6.01 Å². The molecule has 0 spiro atoms. The third kappa shape index (κ3) is 3.75. The molecule has 0 aliphatic carbocycles. The molecule has 8 heteroatoms. The summed E-state index contributed by atoms with van der Waals surface area (Å²) in [7, 11) is 0. The summed E-state index contributed by atoms with van der Waals surface area (Å²) in [4.78, 5) is 12.7. The van der Waals surface area contributed by atoms with Crippen LogP contribution in [-0.4, -0.2) is 37.9 Å². The molecule has 19 heavy (non-hydrogen) atoms. The van der Waals surface area contributed by atoms with Gasteiger partial charge in [0.1, 0.15) is 0 Å². The molecule has 0 fully saturated rings. The van der Waals surface area contributed by atoms with Gasteiger partial charge in [-0.25, -0.2) is 4.68 Å². The SMILES string of the molecule is CCCOc1nc(NCC)nc(-n2cc(I)cn2)n1. The summed E-state index contributed by atoms with van der Waals surface area (Å²) >= 11 is 2.18. The van der Waals surface area contributed by atoms with Crippen molar-refractivity contribution in [3.05, 3.63) is 16.0 Å². The highest BCUT2D eigenvalue weighted by Gasteiger charge is 2.09. The van der Waals surface area contributed by atoms with Crippen LogP contribution in [0, 0.1) is 3.57 Å². The molecule has 0 saturated heterocycles. The van der Waals surface area contributed by atoms with Crippen LogP contribution in [0.5, 0.6) is 6.01 Å². The molecule has 0 amide bonds. The number of anilines is 1. The first-order valence-corrected chi connectivity index (χ1v) is 7.14. The van der Waals surface area contributed by atoms with Crippen LogP contribution in [0.25, 0.3) is 5.95 Å². The summed E-state index contributed by atoms with van der Waals surface area (Å²) in [5.74, 6) is 0.934. The standard InChI is InChI=1S/C11H15IN6O/c1-3-5-19-11-16-9(13-4-2)15-10(17-11)18-7-8(12)6-14-18/h6-7H,3-5H2,1-2H3,(H,13,15,16,17). The Morgan fingerprint density at radius 3 is 2.79 bits per heavy atom. The van der Waals surface area contributed by atoms with Crippen molar-refractivity contribution in [2.75, 3.05) is 18.5 Å². The number of hydrogen-bond donors (Lipinski definition) is 1. The third-order valence-electron chi connectivity index (χ3n) is 2.13. The maximum Gasteiger partial charge on any atom is 0.323 e. The van der Waals surface area contributed by atoms with Crippen LogP contribution in [0.2, 0.25) is 0 Å². The number of ether oxygens (including phenoxy) is 1. The Morgan fingerprint density at radius 2 is 2.16 bits per heavy atom. The first kappa shape index (κ1) is 14.0. The predicted molar refractivity (Wildman–Crippen MR) is 79.6 cm³/mol. The molecule has 0 aliphatic rings. The van der Waals surface area contributed by atoms with Crippen LogP contribution >= 0.6 is 22.6 Å². The lowest BCUT2D eigenvalue weighted by Gasteiger charge is -2.07. The molecule has 0 saturated carbocycles. The molecule has 0 aliphatic heterocycles. The molecule has 0 radical (unpaired) electrons. The second-order valence-corrected chi connectivity index (χ2v) is 4.97. The van der Waals surface area contributed by atoms with Crippen LogP contribution in [0.3, 0.4) is 0 Å². The van der Waals surface area contributed by atoms with Gasteiger partial charge in [0.25, 0.3) is 5.95 Å². The lowest BCUT2D eigenvalue weighted by Crippen LogP contribution is -2.11. The van der Waals surface area contributed by atoms with E-state index in [1.165, 1.54) is 0 Å². The molecule has 2 aromatic heterocycles. The van der Waals surface area contributed by atoms with E-state index in [1.807, 2.05) is 20.0 Å². The van der Waals surface area contributed by atoms with Crippen LogP contribution in [0.4, 0.5) is 5.95 Å². The minimum Gasteiger partial charge on any atom is -0.463 e. The fraction of sp³-hybridized carbons (Fsp3) is 0.455. The monoisotopic (exact) mass is 374 g/mol. The van der Waals surface area contributed by atoms with Crippen LogP contribution in [-0.2, 0) is 0 Å². The van der Waals surface area contributed by atoms with E-state index in [4.69, 9.17) is 4.74 Å². The number of rotatable bonds is 6. The Labute approximate surface area is 125 Å². The van der Waals surface area contributed by atoms with Crippen LogP contribution < -0.4 is 10.1 Å². The summed E-state index contributed by atoms with van der Waals surface area (Å²) in [5, 5.41) is 7.24. The Bertz CT molecular complexity index is 544. The normalized spacial score (nSPS) is 10.5. The molecular formula is C11H15IN6O. The lowest BCUT2D eigenvalue weighted by atomic mass is 10.5. The van der Waals surface area contributed by atoms with Crippen molar-refractivity contribution >= 4 is 28.5 Å². The molecule has 0 atom stereocenters. The third-order valence-corrected chi connectivity index (χ3v) is 2.69. The Hall–Kier alpha value is -1.45. The minimum absolute atomic E-state index is 0.313. The van der Waals surface area contributed by atoms with Crippen molar-refractivity contribution in [3.8, 4) is 12.0 Å². The fourth-order valence-electron chi connectivity index (χ4n) is 1.35. The molecule has 1 N–H and O–H groups in total. The maximum atomic E-state index is 5.47. The van der Waals surface area contributed by atoms with Crippen LogP contribution in [0.15, 0.2) is 12.4 Å². The van der Waals surface area contributed by atoms with E-state index in [0.29, 0.717) is 24.5 Å². The second kappa shape index (κ2) is 6.64. The van der Waals surface area contributed by atoms with E-state index in [1.54, 1.807) is 10.9 Å². The largest absolute Gasteiger partial charge is 0.463 e. The maximum absolute atomic E-state index is 5.47. The van der Waals surface area contributed by atoms with Crippen molar-refractivity contribution in [1.29, 1.82) is 0 Å². The average molecular weight is 374 g/mol. The lowest BCUT2D eigenvalue weighted by molar-refractivity contribution is 0.291. The molecule has 0 aromatic carbocycles. The fourth-order valence-corrected chi connectivity index (χ4v) is 1.74. The molecule has 102 valence electrons. The van der Waals surface area contributed by atoms with Crippen LogP contribution in [0.1, 0.15) is 20.3 Å². The van der Waals surface area contributed by atoms with Gasteiger partial charge in [0, 0.05) is 12.7 Å². The zero-order chi connectivity index (χ0) is 13.7. The molecular weight excluding hydrogens is 359 g/mol. The van der Waals surface area contributed by atoms with Crippen molar-refractivity contribution in [3.63, 3.8) is 0 Å². The second-order valence-electron chi connectivity index (χ2n) is 3.72. The van der Waals surface area contributed by atoms with E-state index in [-0.39, 0.29) is 0 Å². The Balaban J connectivity index is 2.33. The minimum atomic E-state index is 0.313. The van der Waals surface area contributed by atoms with Crippen molar-refractivity contribution in [1.82, 2.24) is 24.7 Å². The number of halogens is 1. The van der Waals surface area contributed by atoms with Gasteiger partial charge < -0.3 is 10.1 Å². The van der Waals surface area contributed by atoms with Gasteiger partial charge in [-0.1, -0.05) is 6.92 Å². The van der Waals surface area contributed by atoms with Gasteiger partial charge in [-0.3, -0.25) is 0 Å². The predicted octanol–water partition coefficient (Wildman–Crippen LogP) is 1.88. The van der Waals surface area contributed by atoms with E-state index in [9.17, 15) is 0 Å². The van der Waals surface area contributed by atoms with Gasteiger partial charge in [0.2, 0.25) is 5.95 Å². The van der Waals surface area contributed by atoms with Gasteiger partial charge in [0.05, 0.1) is 16.4 Å². The Kier molecular flexibility index (Phi) is 4.88. The highest BCUT2D eigenvalue weighted by molar-refractivity contribution is 14.1. The summed E-state index contributed by atoms with van der Waals surface area (Å²) in [6.45, 7) is 5.31. The summed E-state index contributed by atoms with van der Waals surface area (Å²) in [6, 6.07) is 0.313. The quantitative estimate of drug-likeness (QED) is 0.779. The molecule has 2 aromatic rings. The Morgan fingerprint density at radius 1 is 1.32 bits per heavy atom. The summed E-state index contributed by atoms with van der Waals surface area (Å²) < 4.78 is 8.08. The summed E-state index contributed by atoms with van der Waals surface area (Å²) in [6.07, 6.45) is 4.48. The highest BCUT2D eigenvalue weighted by Crippen LogP contribution is 2.12. The number of nitrogens with zero attached hydrogens (tertiary/aromatic N) is 5. The summed E-state index contributed by atoms with van der Waals surface area (Å²) in [5.41, 5.74) is 0. The van der Waals surface area contributed by atoms with Crippen molar-refractivity contribution in [2.24, 2.45) is 0 Å². The highest BCUT2D eigenvalue weighted by atomic mass is 127. The zero-order valence-electron chi connectivity index (χ0n) is 10.8. The molecule has 2 heterocycles. The number of aromatic nitrogens is 5. The van der Waals surface area contributed by atoms with E-state index in [2.05, 4.69) is 48.0 Å². The molecule has 7 nitrogen and oxygen atoms in total. The number of hydrogen-bond acceptors (Lipinski definition) is 6. The van der Waals surface area contributed by atoms with Gasteiger partial charge in [-0.05, 0) is 35.9 Å². The van der Waals surface area contributed by atoms with Crippen molar-refractivity contribution < 1.29 is 4.74 Å². The van der Waals surface area contributed by atoms with E-state index < -0.39 is 0 Å². The topological polar surface area (TPSA) is 77.8 Å². The van der Waals surface area contributed by atoms with Gasteiger partial charge in [-0.15, -0.1) is 0 Å². The molecule has 0 bridgehead atoms. The molecule has 2 rings (SSSR count). The van der Waals surface area contributed by atoms with Crippen molar-refractivity contribution in [2.45, 2.75) is 20.3 Å². The first-order valence-electron chi connectivity index (χ1n) is 6.06. The molecule has 0 unspecified atom stereocenters. The smallest absolute Gasteiger partial charge is 0.323 e. The van der Waals surface area contributed by atoms with E-state index >= 15 is 0 Å². The van der Waals surface area contributed by atoms with Gasteiger partial charge in [-0.2, -0.15) is 20.1 Å².